The van der Waals surface area contributed by atoms with Crippen molar-refractivity contribution in [1.29, 1.82) is 0 Å². The lowest BCUT2D eigenvalue weighted by molar-refractivity contribution is -0.117. The number of carbonyl (C=O) groups is 1. The van der Waals surface area contributed by atoms with Crippen molar-refractivity contribution in [3.8, 4) is 10.7 Å². The minimum atomic E-state index is -0.0198. The Bertz CT molecular complexity index is 863. The Balaban J connectivity index is 1.56. The molecule has 2 aromatic heterocycles. The van der Waals surface area contributed by atoms with Crippen LogP contribution in [-0.2, 0) is 17.8 Å². The average Bonchev–Trinajstić information content (AvgIpc) is 3.11. The van der Waals surface area contributed by atoms with Gasteiger partial charge in [-0.15, -0.1) is 11.3 Å². The molecule has 2 heterocycles. The summed E-state index contributed by atoms with van der Waals surface area (Å²) in [6.45, 7) is 3.01. The molecule has 3 aromatic rings. The second-order valence-corrected chi connectivity index (χ2v) is 6.95. The lowest BCUT2D eigenvalue weighted by Crippen LogP contribution is -2.30. The van der Waals surface area contributed by atoms with Gasteiger partial charge in [0.25, 0.3) is 0 Å². The molecule has 6 heteroatoms. The molecule has 0 fully saturated rings. The highest BCUT2D eigenvalue weighted by Gasteiger charge is 2.12. The first kappa shape index (κ1) is 18.2. The van der Waals surface area contributed by atoms with Gasteiger partial charge in [0.1, 0.15) is 5.01 Å². The lowest BCUT2D eigenvalue weighted by Gasteiger charge is -2.16. The number of hydrogen-bond acceptors (Lipinski definition) is 5. The van der Waals surface area contributed by atoms with E-state index >= 15 is 0 Å². The maximum atomic E-state index is 12.3. The first-order valence-corrected chi connectivity index (χ1v) is 9.45. The van der Waals surface area contributed by atoms with Crippen molar-refractivity contribution in [1.82, 2.24) is 14.9 Å². The predicted molar refractivity (Wildman–Crippen MR) is 106 cm³/mol. The fraction of sp³-hybridized carbons (Fsp3) is 0.250. The number of amides is 1. The molecule has 3 rings (SSSR count). The predicted octanol–water partition coefficient (Wildman–Crippen LogP) is 3.84. The van der Waals surface area contributed by atoms with Gasteiger partial charge in [0, 0.05) is 23.8 Å². The summed E-state index contributed by atoms with van der Waals surface area (Å²) in [6, 6.07) is 13.7. The van der Waals surface area contributed by atoms with E-state index in [1.54, 1.807) is 17.5 Å². The number of nitrogens with zero attached hydrogens (tertiary/aromatic N) is 3. The Kier molecular flexibility index (Phi) is 6.09. The fourth-order valence-corrected chi connectivity index (χ4v) is 3.49. The van der Waals surface area contributed by atoms with Crippen LogP contribution >= 0.6 is 11.3 Å². The topological polar surface area (TPSA) is 58.1 Å². The van der Waals surface area contributed by atoms with E-state index < -0.39 is 0 Å². The number of hydrogen-bond donors (Lipinski definition) is 1. The van der Waals surface area contributed by atoms with Gasteiger partial charge < -0.3 is 5.32 Å². The van der Waals surface area contributed by atoms with Crippen LogP contribution in [0, 0.1) is 0 Å². The van der Waals surface area contributed by atoms with Crippen molar-refractivity contribution < 1.29 is 4.79 Å². The van der Waals surface area contributed by atoms with Crippen LogP contribution in [0.2, 0.25) is 0 Å². The minimum Gasteiger partial charge on any atom is -0.325 e. The first-order valence-electron chi connectivity index (χ1n) is 8.58. The molecule has 0 unspecified atom stereocenters. The highest BCUT2D eigenvalue weighted by Crippen LogP contribution is 2.22. The molecular formula is C20H22N4OS. The largest absolute Gasteiger partial charge is 0.325 e. The maximum Gasteiger partial charge on any atom is 0.238 e. The number of anilines is 1. The van der Waals surface area contributed by atoms with Crippen LogP contribution in [0.3, 0.4) is 0 Å². The van der Waals surface area contributed by atoms with Gasteiger partial charge >= 0.3 is 0 Å². The number of likely N-dealkylation sites (N-methyl/N-ethyl adjacent to an activating group) is 1. The molecule has 0 aliphatic rings. The zero-order chi connectivity index (χ0) is 18.4. The van der Waals surface area contributed by atoms with Gasteiger partial charge in [-0.1, -0.05) is 31.2 Å². The SMILES string of the molecule is CCc1ccccc1NC(=O)CN(C)Cc1csc(-c2ccccn2)n1. The number of aryl methyl sites for hydroxylation is 1. The van der Waals surface area contributed by atoms with Crippen molar-refractivity contribution in [3.05, 3.63) is 65.3 Å². The molecule has 0 bridgehead atoms. The summed E-state index contributed by atoms with van der Waals surface area (Å²) in [5.74, 6) is -0.0198. The van der Waals surface area contributed by atoms with Crippen molar-refractivity contribution in [3.63, 3.8) is 0 Å². The second-order valence-electron chi connectivity index (χ2n) is 6.09. The molecule has 0 aliphatic heterocycles. The standard InChI is InChI=1S/C20H22N4OS/c1-3-15-8-4-5-9-17(15)23-19(25)13-24(2)12-16-14-26-20(22-16)18-10-6-7-11-21-18/h4-11,14H,3,12-13H2,1-2H3,(H,23,25). The maximum absolute atomic E-state index is 12.3. The third kappa shape index (κ3) is 4.74. The van der Waals surface area contributed by atoms with Gasteiger partial charge in [-0.3, -0.25) is 14.7 Å². The summed E-state index contributed by atoms with van der Waals surface area (Å²) in [5, 5.41) is 5.92. The summed E-state index contributed by atoms with van der Waals surface area (Å²) in [5.41, 5.74) is 3.85. The zero-order valence-electron chi connectivity index (χ0n) is 15.0. The summed E-state index contributed by atoms with van der Waals surface area (Å²) in [6.07, 6.45) is 2.66. The van der Waals surface area contributed by atoms with Gasteiger partial charge in [-0.25, -0.2) is 4.98 Å². The Morgan fingerprint density at radius 1 is 1.19 bits per heavy atom. The molecule has 0 aliphatic carbocycles. The van der Waals surface area contributed by atoms with Crippen LogP contribution in [0.15, 0.2) is 54.0 Å². The number of rotatable bonds is 7. The minimum absolute atomic E-state index is 0.0198. The van der Waals surface area contributed by atoms with Crippen molar-refractivity contribution in [2.24, 2.45) is 0 Å². The number of pyridine rings is 1. The van der Waals surface area contributed by atoms with Crippen molar-refractivity contribution in [2.75, 3.05) is 18.9 Å². The van der Waals surface area contributed by atoms with E-state index in [0.29, 0.717) is 13.1 Å². The molecule has 1 aromatic carbocycles. The Labute approximate surface area is 157 Å². The van der Waals surface area contributed by atoms with E-state index in [-0.39, 0.29) is 5.91 Å². The summed E-state index contributed by atoms with van der Waals surface area (Å²) in [4.78, 5) is 23.2. The summed E-state index contributed by atoms with van der Waals surface area (Å²) in [7, 11) is 1.92. The average molecular weight is 366 g/mol. The Morgan fingerprint density at radius 2 is 2.00 bits per heavy atom. The van der Waals surface area contributed by atoms with Gasteiger partial charge in [0.15, 0.2) is 0 Å². The fourth-order valence-electron chi connectivity index (χ4n) is 2.70. The zero-order valence-corrected chi connectivity index (χ0v) is 15.8. The molecule has 5 nitrogen and oxygen atoms in total. The molecule has 1 N–H and O–H groups in total. The third-order valence-corrected chi connectivity index (χ3v) is 4.87. The number of nitrogens with one attached hydrogen (secondary N) is 1. The Morgan fingerprint density at radius 3 is 2.77 bits per heavy atom. The number of para-hydroxylation sites is 1. The van der Waals surface area contributed by atoms with Crippen molar-refractivity contribution in [2.45, 2.75) is 19.9 Å². The van der Waals surface area contributed by atoms with E-state index in [0.717, 1.165) is 34.1 Å². The normalized spacial score (nSPS) is 10.9. The van der Waals surface area contributed by atoms with E-state index in [2.05, 4.69) is 22.2 Å². The molecule has 0 spiro atoms. The molecule has 26 heavy (non-hydrogen) atoms. The third-order valence-electron chi connectivity index (χ3n) is 3.95. The monoisotopic (exact) mass is 366 g/mol. The van der Waals surface area contributed by atoms with E-state index in [1.165, 1.54) is 0 Å². The molecule has 134 valence electrons. The van der Waals surface area contributed by atoms with Crippen LogP contribution in [0.4, 0.5) is 5.69 Å². The molecule has 1 amide bonds. The van der Waals surface area contributed by atoms with Crippen molar-refractivity contribution >= 4 is 22.9 Å². The van der Waals surface area contributed by atoms with Gasteiger partial charge in [0.05, 0.1) is 17.9 Å². The summed E-state index contributed by atoms with van der Waals surface area (Å²) >= 11 is 1.57. The number of aromatic nitrogens is 2. The molecule has 0 saturated carbocycles. The first-order chi connectivity index (χ1) is 12.7. The van der Waals surface area contributed by atoms with Gasteiger partial charge in [-0.2, -0.15) is 0 Å². The second kappa shape index (κ2) is 8.69. The molecule has 0 atom stereocenters. The number of thiazole rings is 1. The lowest BCUT2D eigenvalue weighted by atomic mass is 10.1. The van der Waals surface area contributed by atoms with E-state index in [9.17, 15) is 4.79 Å². The summed E-state index contributed by atoms with van der Waals surface area (Å²) < 4.78 is 0. The van der Waals surface area contributed by atoms with Crippen LogP contribution in [0.1, 0.15) is 18.2 Å². The van der Waals surface area contributed by atoms with Crippen LogP contribution in [0.25, 0.3) is 10.7 Å². The van der Waals surface area contributed by atoms with Crippen LogP contribution in [-0.4, -0.2) is 34.4 Å². The quantitative estimate of drug-likeness (QED) is 0.690. The Hall–Kier alpha value is -2.57. The number of carbonyl (C=O) groups excluding carboxylic acids is 1. The van der Waals surface area contributed by atoms with Gasteiger partial charge in [-0.05, 0) is 37.2 Å². The molecule has 0 radical (unpaired) electrons. The van der Waals surface area contributed by atoms with E-state index in [4.69, 9.17) is 0 Å². The molecule has 0 saturated heterocycles. The highest BCUT2D eigenvalue weighted by atomic mass is 32.1. The van der Waals surface area contributed by atoms with Gasteiger partial charge in [0.2, 0.25) is 5.91 Å². The smallest absolute Gasteiger partial charge is 0.238 e. The number of benzene rings is 1. The molecular weight excluding hydrogens is 344 g/mol. The van der Waals surface area contributed by atoms with Crippen LogP contribution in [0.5, 0.6) is 0 Å². The van der Waals surface area contributed by atoms with Crippen LogP contribution < -0.4 is 5.32 Å². The van der Waals surface area contributed by atoms with E-state index in [1.807, 2.05) is 59.8 Å². The highest BCUT2D eigenvalue weighted by molar-refractivity contribution is 7.13.